The Morgan fingerprint density at radius 2 is 1.87 bits per heavy atom. The predicted molar refractivity (Wildman–Crippen MR) is 80.0 cm³/mol. The van der Waals surface area contributed by atoms with Crippen molar-refractivity contribution in [2.24, 2.45) is 0 Å². The number of aromatic nitrogens is 2. The fourth-order valence-corrected chi connectivity index (χ4v) is 2.65. The van der Waals surface area contributed by atoms with Crippen molar-refractivity contribution in [3.05, 3.63) is 52.3 Å². The van der Waals surface area contributed by atoms with Crippen LogP contribution in [0.3, 0.4) is 0 Å². The van der Waals surface area contributed by atoms with E-state index in [1.807, 2.05) is 6.92 Å². The van der Waals surface area contributed by atoms with Crippen LogP contribution in [0, 0.1) is 13.8 Å². The summed E-state index contributed by atoms with van der Waals surface area (Å²) in [6.45, 7) is 5.37. The number of hydrogen-bond donors (Lipinski definition) is 1. The van der Waals surface area contributed by atoms with Crippen LogP contribution in [0.1, 0.15) is 45.8 Å². The van der Waals surface area contributed by atoms with Gasteiger partial charge in [-0.3, -0.25) is 9.89 Å². The second-order valence-electron chi connectivity index (χ2n) is 5.48. The van der Waals surface area contributed by atoms with Crippen LogP contribution in [0.15, 0.2) is 24.3 Å². The van der Waals surface area contributed by atoms with E-state index in [1.54, 1.807) is 13.8 Å². The third-order valence-electron chi connectivity index (χ3n) is 3.97. The molecule has 1 amide bonds. The summed E-state index contributed by atoms with van der Waals surface area (Å²) in [5.41, 5.74) is 1.04. The highest BCUT2D eigenvalue weighted by molar-refractivity contribution is 5.96. The summed E-state index contributed by atoms with van der Waals surface area (Å²) < 4.78 is 39.3. The van der Waals surface area contributed by atoms with Crippen molar-refractivity contribution < 1.29 is 18.0 Å². The smallest absolute Gasteiger partial charge is 0.335 e. The number of amides is 1. The van der Waals surface area contributed by atoms with Gasteiger partial charge in [0.1, 0.15) is 0 Å². The lowest BCUT2D eigenvalue weighted by Gasteiger charge is -2.26. The molecule has 1 heterocycles. The zero-order chi connectivity index (χ0) is 17.4. The monoisotopic (exact) mass is 325 g/mol. The van der Waals surface area contributed by atoms with Crippen molar-refractivity contribution in [2.45, 2.75) is 33.0 Å². The number of aryl methyl sites for hydroxylation is 2. The number of benzene rings is 1. The molecule has 0 spiro atoms. The summed E-state index contributed by atoms with van der Waals surface area (Å²) in [7, 11) is 1.49. The van der Waals surface area contributed by atoms with Gasteiger partial charge in [-0.25, -0.2) is 0 Å². The van der Waals surface area contributed by atoms with E-state index < -0.39 is 23.7 Å². The first-order valence-corrected chi connectivity index (χ1v) is 7.09. The number of aromatic amines is 1. The summed E-state index contributed by atoms with van der Waals surface area (Å²) in [5, 5.41) is 6.88. The molecular formula is C16H18F3N3O. The lowest BCUT2D eigenvalue weighted by Crippen LogP contribution is -2.31. The molecule has 1 N–H and O–H groups in total. The van der Waals surface area contributed by atoms with Crippen molar-refractivity contribution in [1.29, 1.82) is 0 Å². The first-order chi connectivity index (χ1) is 10.6. The molecule has 7 heteroatoms. The molecule has 4 nitrogen and oxygen atoms in total. The highest BCUT2D eigenvalue weighted by atomic mass is 19.4. The Balaban J connectivity index is 2.38. The Bertz CT molecular complexity index is 702. The Kier molecular flexibility index (Phi) is 4.49. The van der Waals surface area contributed by atoms with Gasteiger partial charge in [-0.15, -0.1) is 0 Å². The molecular weight excluding hydrogens is 307 g/mol. The van der Waals surface area contributed by atoms with Crippen LogP contribution in [0.5, 0.6) is 0 Å². The number of H-pyrrole nitrogens is 1. The van der Waals surface area contributed by atoms with Crippen LogP contribution in [0.4, 0.5) is 13.2 Å². The molecule has 0 saturated heterocycles. The molecule has 0 fully saturated rings. The van der Waals surface area contributed by atoms with Crippen molar-refractivity contribution in [3.8, 4) is 0 Å². The predicted octanol–water partition coefficient (Wildman–Crippen LogP) is 3.88. The van der Waals surface area contributed by atoms with Crippen molar-refractivity contribution in [3.63, 3.8) is 0 Å². The number of carbonyl (C=O) groups is 1. The topological polar surface area (TPSA) is 49.0 Å². The number of halogens is 3. The van der Waals surface area contributed by atoms with Crippen LogP contribution in [0.2, 0.25) is 0 Å². The standard InChI is InChI=1S/C16H18F3N3O/c1-9-14(10(2)21-20-9)11(3)22(4)15(23)12-7-5-6-8-13(12)16(17,18)19/h5-8,11H,1-4H3,(H,20,21). The molecule has 0 aliphatic rings. The maximum atomic E-state index is 13.1. The molecule has 1 unspecified atom stereocenters. The first kappa shape index (κ1) is 17.1. The number of rotatable bonds is 3. The van der Waals surface area contributed by atoms with Crippen molar-refractivity contribution in [2.75, 3.05) is 7.05 Å². The van der Waals surface area contributed by atoms with E-state index in [-0.39, 0.29) is 5.56 Å². The molecule has 2 aromatic rings. The number of hydrogen-bond acceptors (Lipinski definition) is 2. The van der Waals surface area contributed by atoms with Crippen LogP contribution in [-0.2, 0) is 6.18 Å². The van der Waals surface area contributed by atoms with Gasteiger partial charge in [0.05, 0.1) is 22.9 Å². The Morgan fingerprint density at radius 1 is 1.26 bits per heavy atom. The minimum Gasteiger partial charge on any atom is -0.335 e. The van der Waals surface area contributed by atoms with Crippen molar-refractivity contribution in [1.82, 2.24) is 15.1 Å². The van der Waals surface area contributed by atoms with Gasteiger partial charge in [0.25, 0.3) is 5.91 Å². The molecule has 0 saturated carbocycles. The third kappa shape index (κ3) is 3.23. The molecule has 0 aliphatic heterocycles. The summed E-state index contributed by atoms with van der Waals surface area (Å²) in [6.07, 6.45) is -4.57. The average molecular weight is 325 g/mol. The zero-order valence-electron chi connectivity index (χ0n) is 13.3. The van der Waals surface area contributed by atoms with Crippen LogP contribution >= 0.6 is 0 Å². The van der Waals surface area contributed by atoms with E-state index in [1.165, 1.54) is 30.1 Å². The fraction of sp³-hybridized carbons (Fsp3) is 0.375. The van der Waals surface area contributed by atoms with Gasteiger partial charge in [-0.1, -0.05) is 12.1 Å². The maximum Gasteiger partial charge on any atom is 0.417 e. The van der Waals surface area contributed by atoms with E-state index in [4.69, 9.17) is 0 Å². The largest absolute Gasteiger partial charge is 0.417 e. The molecule has 1 atom stereocenters. The molecule has 1 aromatic heterocycles. The summed E-state index contributed by atoms with van der Waals surface area (Å²) in [6, 6.07) is 4.41. The molecule has 23 heavy (non-hydrogen) atoms. The second kappa shape index (κ2) is 6.06. The average Bonchev–Trinajstić information content (AvgIpc) is 2.83. The summed E-state index contributed by atoms with van der Waals surface area (Å²) in [4.78, 5) is 13.9. The fourth-order valence-electron chi connectivity index (χ4n) is 2.65. The van der Waals surface area contributed by atoms with Crippen LogP contribution < -0.4 is 0 Å². The van der Waals surface area contributed by atoms with E-state index in [2.05, 4.69) is 10.2 Å². The summed E-state index contributed by atoms with van der Waals surface area (Å²) in [5.74, 6) is -0.676. The van der Waals surface area contributed by atoms with E-state index in [9.17, 15) is 18.0 Å². The van der Waals surface area contributed by atoms with E-state index in [0.717, 1.165) is 23.0 Å². The molecule has 124 valence electrons. The Hall–Kier alpha value is -2.31. The van der Waals surface area contributed by atoms with Crippen molar-refractivity contribution >= 4 is 5.91 Å². The van der Waals surface area contributed by atoms with Crippen LogP contribution in [-0.4, -0.2) is 28.1 Å². The highest BCUT2D eigenvalue weighted by Crippen LogP contribution is 2.33. The number of carbonyl (C=O) groups excluding carboxylic acids is 1. The van der Waals surface area contributed by atoms with Gasteiger partial charge in [0, 0.05) is 18.3 Å². The number of nitrogens with one attached hydrogen (secondary N) is 1. The highest BCUT2D eigenvalue weighted by Gasteiger charge is 2.36. The normalized spacial score (nSPS) is 13.0. The molecule has 0 aliphatic carbocycles. The van der Waals surface area contributed by atoms with E-state index >= 15 is 0 Å². The van der Waals surface area contributed by atoms with E-state index in [0.29, 0.717) is 0 Å². The van der Waals surface area contributed by atoms with Gasteiger partial charge in [0.15, 0.2) is 0 Å². The minimum atomic E-state index is -4.57. The molecule has 0 bridgehead atoms. The summed E-state index contributed by atoms with van der Waals surface area (Å²) >= 11 is 0. The third-order valence-corrected chi connectivity index (χ3v) is 3.97. The Morgan fingerprint density at radius 3 is 2.39 bits per heavy atom. The molecule has 0 radical (unpaired) electrons. The Labute approximate surface area is 132 Å². The number of nitrogens with zero attached hydrogens (tertiary/aromatic N) is 2. The van der Waals surface area contributed by atoms with Gasteiger partial charge in [-0.05, 0) is 32.9 Å². The molecule has 1 aromatic carbocycles. The lowest BCUT2D eigenvalue weighted by molar-refractivity contribution is -0.138. The zero-order valence-corrected chi connectivity index (χ0v) is 13.3. The quantitative estimate of drug-likeness (QED) is 0.931. The second-order valence-corrected chi connectivity index (χ2v) is 5.48. The minimum absolute atomic E-state index is 0.354. The van der Waals surface area contributed by atoms with Gasteiger partial charge < -0.3 is 4.90 Å². The van der Waals surface area contributed by atoms with Gasteiger partial charge in [0.2, 0.25) is 0 Å². The first-order valence-electron chi connectivity index (χ1n) is 7.09. The molecule has 2 rings (SSSR count). The van der Waals surface area contributed by atoms with Gasteiger partial charge >= 0.3 is 6.18 Å². The SMILES string of the molecule is Cc1n[nH]c(C)c1C(C)N(C)C(=O)c1ccccc1C(F)(F)F. The van der Waals surface area contributed by atoms with Crippen LogP contribution in [0.25, 0.3) is 0 Å². The maximum absolute atomic E-state index is 13.1. The van der Waals surface area contributed by atoms with Gasteiger partial charge in [-0.2, -0.15) is 18.3 Å². The number of alkyl halides is 3. The lowest BCUT2D eigenvalue weighted by atomic mass is 10.0.